The van der Waals surface area contributed by atoms with Gasteiger partial charge in [0, 0.05) is 30.8 Å². The lowest BCUT2D eigenvalue weighted by Crippen LogP contribution is -2.67. The minimum absolute atomic E-state index is 0.0452. The molecule has 0 radical (unpaired) electrons. The minimum atomic E-state index is -1.01. The summed E-state index contributed by atoms with van der Waals surface area (Å²) in [7, 11) is 0. The van der Waals surface area contributed by atoms with Crippen LogP contribution < -0.4 is 0 Å². The van der Waals surface area contributed by atoms with Crippen LogP contribution in [0.15, 0.2) is 11.6 Å². The van der Waals surface area contributed by atoms with Gasteiger partial charge in [0.15, 0.2) is 18.9 Å². The van der Waals surface area contributed by atoms with Crippen LogP contribution >= 0.6 is 0 Å². The van der Waals surface area contributed by atoms with Crippen LogP contribution in [0.1, 0.15) is 105 Å². The Hall–Kier alpha value is -1.27. The Bertz CT molecular complexity index is 1410. The molecule has 0 unspecified atom stereocenters. The number of hydrogen-bond donors (Lipinski definition) is 6. The highest BCUT2D eigenvalue weighted by Crippen LogP contribution is 2.70. The van der Waals surface area contributed by atoms with E-state index in [9.17, 15) is 35.4 Å². The molecule has 6 N–H and O–H groups in total. The van der Waals surface area contributed by atoms with Crippen molar-refractivity contribution < 1.29 is 68.6 Å². The molecule has 7 fully saturated rings. The highest BCUT2D eigenvalue weighted by atomic mass is 16.7. The van der Waals surface area contributed by atoms with E-state index in [0.29, 0.717) is 18.8 Å². The third-order valence-electron chi connectivity index (χ3n) is 16.0. The molecule has 21 atom stereocenters. The van der Waals surface area contributed by atoms with Gasteiger partial charge in [0.2, 0.25) is 0 Å². The Kier molecular flexibility index (Phi) is 11.1. The van der Waals surface area contributed by atoms with E-state index < -0.39 is 90.9 Å². The third kappa shape index (κ3) is 6.95. The first-order chi connectivity index (χ1) is 26.0. The Labute approximate surface area is 323 Å². The Morgan fingerprint density at radius 2 is 1.29 bits per heavy atom. The van der Waals surface area contributed by atoms with Gasteiger partial charge in [-0.2, -0.15) is 0 Å². The van der Waals surface area contributed by atoms with Gasteiger partial charge in [-0.1, -0.05) is 13.8 Å². The summed E-state index contributed by atoms with van der Waals surface area (Å²) < 4.78 is 42.1. The lowest BCUT2D eigenvalue weighted by molar-refractivity contribution is -0.336. The van der Waals surface area contributed by atoms with Crippen LogP contribution in [0.2, 0.25) is 0 Å². The second-order valence-electron chi connectivity index (χ2n) is 18.8. The van der Waals surface area contributed by atoms with Crippen molar-refractivity contribution in [1.29, 1.82) is 0 Å². The molecular weight excluding hydrogens is 716 g/mol. The van der Waals surface area contributed by atoms with Crippen molar-refractivity contribution >= 4 is 5.97 Å². The van der Waals surface area contributed by atoms with E-state index in [1.165, 1.54) is 0 Å². The van der Waals surface area contributed by atoms with Gasteiger partial charge in [0.25, 0.3) is 0 Å². The lowest BCUT2D eigenvalue weighted by atomic mass is 9.42. The van der Waals surface area contributed by atoms with Crippen LogP contribution in [0, 0.1) is 34.5 Å². The van der Waals surface area contributed by atoms with Crippen molar-refractivity contribution in [3.8, 4) is 0 Å². The fourth-order valence-corrected chi connectivity index (χ4v) is 12.8. The highest BCUT2D eigenvalue weighted by molar-refractivity contribution is 5.85. The van der Waals surface area contributed by atoms with Crippen molar-refractivity contribution in [3.63, 3.8) is 0 Å². The Balaban J connectivity index is 0.837. The van der Waals surface area contributed by atoms with Crippen LogP contribution in [0.4, 0.5) is 0 Å². The predicted molar refractivity (Wildman–Crippen MR) is 193 cm³/mol. The number of carbonyl (C=O) groups is 1. The molecule has 0 aromatic carbocycles. The zero-order valence-electron chi connectivity index (χ0n) is 32.9. The summed E-state index contributed by atoms with van der Waals surface area (Å²) in [5.41, 5.74) is -0.892. The van der Waals surface area contributed by atoms with Gasteiger partial charge in [-0.3, -0.25) is 0 Å². The number of aliphatic hydroxyl groups is 6. The predicted octanol–water partition coefficient (Wildman–Crippen LogP) is 2.22. The van der Waals surface area contributed by atoms with Crippen LogP contribution in [0.25, 0.3) is 0 Å². The van der Waals surface area contributed by atoms with E-state index in [-0.39, 0.29) is 61.1 Å². The summed E-state index contributed by atoms with van der Waals surface area (Å²) in [6.07, 6.45) is -1.51. The number of cyclic esters (lactones) is 1. The first-order valence-corrected chi connectivity index (χ1v) is 20.9. The van der Waals surface area contributed by atoms with Gasteiger partial charge in [0.05, 0.1) is 54.4 Å². The molecule has 4 aliphatic carbocycles. The molecule has 0 aromatic heterocycles. The molecule has 14 heteroatoms. The molecule has 0 spiro atoms. The maximum atomic E-state index is 12.6. The fourth-order valence-electron chi connectivity index (χ4n) is 12.8. The number of ether oxygens (including phenoxy) is 7. The Morgan fingerprint density at radius 1 is 0.691 bits per heavy atom. The molecule has 8 rings (SSSR count). The topological polar surface area (TPSA) is 203 Å². The first-order valence-electron chi connectivity index (χ1n) is 20.9. The fraction of sp³-hybridized carbons (Fsp3) is 0.927. The molecule has 0 amide bonds. The highest BCUT2D eigenvalue weighted by Gasteiger charge is 2.71. The van der Waals surface area contributed by atoms with Crippen molar-refractivity contribution in [2.24, 2.45) is 34.5 Å². The van der Waals surface area contributed by atoms with Gasteiger partial charge in [-0.25, -0.2) is 4.79 Å². The van der Waals surface area contributed by atoms with E-state index in [1.54, 1.807) is 19.9 Å². The zero-order valence-corrected chi connectivity index (χ0v) is 32.9. The third-order valence-corrected chi connectivity index (χ3v) is 16.0. The van der Waals surface area contributed by atoms with E-state index in [4.69, 9.17) is 33.2 Å². The van der Waals surface area contributed by atoms with Gasteiger partial charge in [0.1, 0.15) is 24.9 Å². The summed E-state index contributed by atoms with van der Waals surface area (Å²) in [6, 6.07) is 0. The van der Waals surface area contributed by atoms with Crippen molar-refractivity contribution in [2.45, 2.75) is 197 Å². The molecule has 4 saturated carbocycles. The van der Waals surface area contributed by atoms with Crippen LogP contribution in [-0.2, 0) is 38.0 Å². The summed E-state index contributed by atoms with van der Waals surface area (Å²) in [5.74, 6) is 0.204. The zero-order chi connectivity index (χ0) is 39.2. The van der Waals surface area contributed by atoms with Crippen LogP contribution in [0.5, 0.6) is 0 Å². The van der Waals surface area contributed by atoms with E-state index >= 15 is 0 Å². The molecular formula is C41H64O14. The largest absolute Gasteiger partial charge is 0.458 e. The molecule has 0 aromatic rings. The number of esters is 1. The molecule has 8 aliphatic rings. The summed E-state index contributed by atoms with van der Waals surface area (Å²) >= 11 is 0. The quantitative estimate of drug-likeness (QED) is 0.162. The number of aliphatic hydroxyl groups excluding tert-OH is 5. The molecule has 4 aliphatic heterocycles. The second-order valence-corrected chi connectivity index (χ2v) is 18.8. The molecule has 0 bridgehead atoms. The molecule has 3 saturated heterocycles. The second kappa shape index (κ2) is 15.1. The summed E-state index contributed by atoms with van der Waals surface area (Å²) in [5, 5.41) is 66.9. The maximum absolute atomic E-state index is 12.6. The molecule has 312 valence electrons. The smallest absolute Gasteiger partial charge is 0.331 e. The minimum Gasteiger partial charge on any atom is -0.458 e. The Morgan fingerprint density at radius 3 is 1.87 bits per heavy atom. The number of carbonyl (C=O) groups excluding carboxylic acids is 1. The standard InChI is InChI=1S/C41H64O14/c1-19-36(47)28(42)15-34(50-19)54-38-21(3)52-35(17-30(38)44)55-37-20(2)51-33(16-29(37)43)53-24-8-10-39(4)23(13-24)6-7-26-27(39)14-31(45)40(5)25(9-11-41(26,40)48)22-12-32(46)49-18-22/h12,19-21,23-31,33-38,42-45,47-48H,6-11,13-18H2,1-5H3/t19-,20+,21+,23+,24+,25-,26+,27-,28+,29+,30+,31-,33-,34+,35-,36-,37-,38-,39-,40-,41+/m0/s1. The average Bonchev–Trinajstić information content (AvgIpc) is 3.67. The molecule has 14 nitrogen and oxygen atoms in total. The lowest BCUT2D eigenvalue weighted by Gasteiger charge is -2.65. The van der Waals surface area contributed by atoms with Crippen molar-refractivity contribution in [2.75, 3.05) is 6.61 Å². The van der Waals surface area contributed by atoms with Gasteiger partial charge >= 0.3 is 5.97 Å². The van der Waals surface area contributed by atoms with Gasteiger partial charge in [-0.05, 0) is 107 Å². The maximum Gasteiger partial charge on any atom is 0.331 e. The SMILES string of the molecule is C[C@@H]1O[C@H](O[C@@H]2[C@H](O)C[C@H](O[C@@H]3[C@H](O)C[C@H](O[C@@H]4CC[C@@]5(C)[C@H](CC[C@@H]6[C@@H]5C[C@H](O)[C@]5(C)[C@H](C7=CC(=O)OC7)CC[C@@]65O)C4)O[C@@H]3C)O[C@@H]2C)C[C@@H](O)[C@H]1O. The summed E-state index contributed by atoms with van der Waals surface area (Å²) in [4.78, 5) is 11.9. The van der Waals surface area contributed by atoms with Crippen molar-refractivity contribution in [3.05, 3.63) is 11.6 Å². The number of hydrogen-bond acceptors (Lipinski definition) is 14. The molecule has 55 heavy (non-hydrogen) atoms. The van der Waals surface area contributed by atoms with Crippen molar-refractivity contribution in [1.82, 2.24) is 0 Å². The molecule has 4 heterocycles. The monoisotopic (exact) mass is 780 g/mol. The number of fused-ring (bicyclic) bond motifs is 5. The summed E-state index contributed by atoms with van der Waals surface area (Å²) in [6.45, 7) is 9.90. The van der Waals surface area contributed by atoms with E-state index in [0.717, 1.165) is 44.1 Å². The van der Waals surface area contributed by atoms with E-state index in [1.807, 2.05) is 13.8 Å². The normalized spacial score (nSPS) is 55.5. The van der Waals surface area contributed by atoms with Gasteiger partial charge < -0.3 is 63.8 Å². The first kappa shape index (κ1) is 40.5. The van der Waals surface area contributed by atoms with Gasteiger partial charge in [-0.15, -0.1) is 0 Å². The van der Waals surface area contributed by atoms with Crippen LogP contribution in [0.3, 0.4) is 0 Å². The van der Waals surface area contributed by atoms with E-state index in [2.05, 4.69) is 6.92 Å². The number of rotatable bonds is 7. The van der Waals surface area contributed by atoms with Crippen LogP contribution in [-0.4, -0.2) is 135 Å². The average molecular weight is 781 g/mol.